The Balaban J connectivity index is 2.18. The minimum Gasteiger partial charge on any atom is -0.505 e. The second kappa shape index (κ2) is 5.79. The summed E-state index contributed by atoms with van der Waals surface area (Å²) in [7, 11) is 0. The van der Waals surface area contributed by atoms with Gasteiger partial charge in [-0.25, -0.2) is 0 Å². The number of phenolic OH excluding ortho intramolecular Hbond substituents is 1. The summed E-state index contributed by atoms with van der Waals surface area (Å²) in [5.41, 5.74) is -0.0409. The Labute approximate surface area is 114 Å². The molecule has 0 fully saturated rings. The fraction of sp³-hybridized carbons (Fsp3) is 0.0769. The molecule has 0 aliphatic carbocycles. The lowest BCUT2D eigenvalue weighted by Crippen LogP contribution is -2.16. The third-order valence-electron chi connectivity index (χ3n) is 2.55. The van der Waals surface area contributed by atoms with Crippen LogP contribution in [-0.4, -0.2) is 20.9 Å². The summed E-state index contributed by atoms with van der Waals surface area (Å²) in [6, 6.07) is 8.92. The highest BCUT2D eigenvalue weighted by Gasteiger charge is 2.19. The molecule has 1 aromatic carbocycles. The highest BCUT2D eigenvalue weighted by atomic mass is 16.6. The van der Waals surface area contributed by atoms with E-state index >= 15 is 0 Å². The first-order valence-electron chi connectivity index (χ1n) is 5.74. The van der Waals surface area contributed by atoms with Crippen molar-refractivity contribution in [1.29, 1.82) is 0 Å². The van der Waals surface area contributed by atoms with Crippen LogP contribution >= 0.6 is 0 Å². The number of nitro groups is 1. The van der Waals surface area contributed by atoms with Crippen LogP contribution in [-0.2, 0) is 11.2 Å². The first-order chi connectivity index (χ1) is 9.58. The van der Waals surface area contributed by atoms with Gasteiger partial charge in [0.25, 0.3) is 5.69 Å². The van der Waals surface area contributed by atoms with Gasteiger partial charge in [-0.15, -0.1) is 0 Å². The number of para-hydroxylation sites is 1. The quantitative estimate of drug-likeness (QED) is 0.502. The van der Waals surface area contributed by atoms with Crippen molar-refractivity contribution in [2.45, 2.75) is 6.42 Å². The fourth-order valence-corrected chi connectivity index (χ4v) is 1.66. The summed E-state index contributed by atoms with van der Waals surface area (Å²) in [6.07, 6.45) is 1.51. The van der Waals surface area contributed by atoms with Crippen molar-refractivity contribution < 1.29 is 14.8 Å². The molecule has 2 N–H and O–H groups in total. The van der Waals surface area contributed by atoms with E-state index in [1.807, 2.05) is 0 Å². The van der Waals surface area contributed by atoms with Crippen molar-refractivity contribution in [1.82, 2.24) is 4.98 Å². The third-order valence-corrected chi connectivity index (χ3v) is 2.55. The fourth-order valence-electron chi connectivity index (χ4n) is 1.66. The highest BCUT2D eigenvalue weighted by Crippen LogP contribution is 2.32. The number of hydrogen-bond donors (Lipinski definition) is 2. The van der Waals surface area contributed by atoms with Gasteiger partial charge in [0.2, 0.25) is 5.91 Å². The SMILES string of the molecule is O=C(Cc1ccccn1)Nc1c(O)cccc1[N+](=O)[O-]. The van der Waals surface area contributed by atoms with Crippen molar-refractivity contribution in [3.8, 4) is 5.75 Å². The van der Waals surface area contributed by atoms with Crippen LogP contribution in [0.1, 0.15) is 5.69 Å². The molecule has 0 atom stereocenters. The maximum absolute atomic E-state index is 11.8. The Morgan fingerprint density at radius 2 is 2.10 bits per heavy atom. The minimum atomic E-state index is -0.671. The average molecular weight is 273 g/mol. The summed E-state index contributed by atoms with van der Waals surface area (Å²) in [5.74, 6) is -0.845. The maximum Gasteiger partial charge on any atom is 0.296 e. The number of nitrogens with one attached hydrogen (secondary N) is 1. The molecule has 2 rings (SSSR count). The van der Waals surface area contributed by atoms with Gasteiger partial charge in [0, 0.05) is 18.0 Å². The molecule has 1 aromatic heterocycles. The molecule has 0 saturated heterocycles. The summed E-state index contributed by atoms with van der Waals surface area (Å²) >= 11 is 0. The van der Waals surface area contributed by atoms with E-state index in [1.165, 1.54) is 18.2 Å². The van der Waals surface area contributed by atoms with Gasteiger partial charge in [-0.2, -0.15) is 0 Å². The number of hydrogen-bond acceptors (Lipinski definition) is 5. The number of aromatic nitrogens is 1. The number of rotatable bonds is 4. The molecular weight excluding hydrogens is 262 g/mol. The van der Waals surface area contributed by atoms with Crippen molar-refractivity contribution in [3.63, 3.8) is 0 Å². The minimum absolute atomic E-state index is 0.0354. The van der Waals surface area contributed by atoms with Crippen LogP contribution in [0.25, 0.3) is 0 Å². The zero-order valence-corrected chi connectivity index (χ0v) is 10.3. The number of aromatic hydroxyl groups is 1. The summed E-state index contributed by atoms with van der Waals surface area (Å²) in [4.78, 5) is 26.0. The van der Waals surface area contributed by atoms with Crippen LogP contribution in [0.4, 0.5) is 11.4 Å². The van der Waals surface area contributed by atoms with Gasteiger partial charge in [-0.05, 0) is 18.2 Å². The molecule has 20 heavy (non-hydrogen) atoms. The smallest absolute Gasteiger partial charge is 0.296 e. The molecule has 2 aromatic rings. The highest BCUT2D eigenvalue weighted by molar-refractivity contribution is 5.95. The lowest BCUT2D eigenvalue weighted by Gasteiger charge is -2.07. The number of amides is 1. The van der Waals surface area contributed by atoms with Crippen LogP contribution in [0, 0.1) is 10.1 Å². The number of nitro benzene ring substituents is 1. The standard InChI is InChI=1S/C13H11N3O4/c17-11-6-3-5-10(16(19)20)13(11)15-12(18)8-9-4-1-2-7-14-9/h1-7,17H,8H2,(H,15,18). The van der Waals surface area contributed by atoms with Gasteiger partial charge in [-0.3, -0.25) is 19.9 Å². The van der Waals surface area contributed by atoms with Gasteiger partial charge in [0.1, 0.15) is 5.75 Å². The Kier molecular flexibility index (Phi) is 3.90. The Morgan fingerprint density at radius 3 is 2.75 bits per heavy atom. The normalized spacial score (nSPS) is 10.0. The van der Waals surface area contributed by atoms with Gasteiger partial charge in [0.15, 0.2) is 5.69 Å². The van der Waals surface area contributed by atoms with Gasteiger partial charge in [0.05, 0.1) is 11.3 Å². The average Bonchev–Trinajstić information content (AvgIpc) is 2.42. The third kappa shape index (κ3) is 3.08. The number of phenols is 1. The first-order valence-corrected chi connectivity index (χ1v) is 5.74. The van der Waals surface area contributed by atoms with Crippen molar-refractivity contribution in [2.24, 2.45) is 0 Å². The largest absolute Gasteiger partial charge is 0.505 e. The lowest BCUT2D eigenvalue weighted by molar-refractivity contribution is -0.384. The van der Waals surface area contributed by atoms with Crippen LogP contribution in [0.15, 0.2) is 42.6 Å². The summed E-state index contributed by atoms with van der Waals surface area (Å²) < 4.78 is 0. The van der Waals surface area contributed by atoms with Crippen molar-refractivity contribution in [2.75, 3.05) is 5.32 Å². The molecule has 0 spiro atoms. The first kappa shape index (κ1) is 13.5. The Morgan fingerprint density at radius 1 is 1.30 bits per heavy atom. The van der Waals surface area contributed by atoms with Crippen LogP contribution in [0.5, 0.6) is 5.75 Å². The van der Waals surface area contributed by atoms with E-state index in [9.17, 15) is 20.0 Å². The predicted octanol–water partition coefficient (Wildman–Crippen LogP) is 1.88. The number of anilines is 1. The molecule has 0 aliphatic heterocycles. The van der Waals surface area contributed by atoms with Gasteiger partial charge in [-0.1, -0.05) is 12.1 Å². The number of nitrogens with zero attached hydrogens (tertiary/aromatic N) is 2. The Bertz CT molecular complexity index is 643. The molecule has 0 saturated carbocycles. The zero-order valence-electron chi connectivity index (χ0n) is 10.3. The molecular formula is C13H11N3O4. The zero-order chi connectivity index (χ0) is 14.5. The number of benzene rings is 1. The van der Waals surface area contributed by atoms with E-state index in [2.05, 4.69) is 10.3 Å². The van der Waals surface area contributed by atoms with Gasteiger partial charge >= 0.3 is 0 Å². The van der Waals surface area contributed by atoms with E-state index in [-0.39, 0.29) is 23.5 Å². The number of carbonyl (C=O) groups excluding carboxylic acids is 1. The van der Waals surface area contributed by atoms with Crippen LogP contribution < -0.4 is 5.32 Å². The molecule has 1 amide bonds. The lowest BCUT2D eigenvalue weighted by atomic mass is 10.2. The number of carbonyl (C=O) groups is 1. The molecule has 0 aliphatic rings. The molecule has 102 valence electrons. The monoisotopic (exact) mass is 273 g/mol. The molecule has 1 heterocycles. The topological polar surface area (TPSA) is 105 Å². The molecule has 0 radical (unpaired) electrons. The molecule has 0 unspecified atom stereocenters. The summed E-state index contributed by atoms with van der Waals surface area (Å²) in [6.45, 7) is 0. The van der Waals surface area contributed by atoms with E-state index in [0.717, 1.165) is 0 Å². The van der Waals surface area contributed by atoms with Gasteiger partial charge < -0.3 is 10.4 Å². The van der Waals surface area contributed by atoms with E-state index < -0.39 is 10.8 Å². The van der Waals surface area contributed by atoms with Crippen molar-refractivity contribution in [3.05, 3.63) is 58.4 Å². The number of pyridine rings is 1. The second-order valence-corrected chi connectivity index (χ2v) is 3.97. The molecule has 0 bridgehead atoms. The van der Waals surface area contributed by atoms with Crippen LogP contribution in [0.2, 0.25) is 0 Å². The van der Waals surface area contributed by atoms with E-state index in [0.29, 0.717) is 5.69 Å². The van der Waals surface area contributed by atoms with Crippen molar-refractivity contribution >= 4 is 17.3 Å². The van der Waals surface area contributed by atoms with E-state index in [1.54, 1.807) is 24.4 Å². The Hall–Kier alpha value is -2.96. The maximum atomic E-state index is 11.8. The second-order valence-electron chi connectivity index (χ2n) is 3.97. The van der Waals surface area contributed by atoms with E-state index in [4.69, 9.17) is 0 Å². The van der Waals surface area contributed by atoms with Crippen LogP contribution in [0.3, 0.4) is 0 Å². The molecule has 7 heteroatoms. The predicted molar refractivity (Wildman–Crippen MR) is 71.3 cm³/mol. The molecule has 7 nitrogen and oxygen atoms in total. The summed E-state index contributed by atoms with van der Waals surface area (Å²) in [5, 5.41) is 22.8.